The van der Waals surface area contributed by atoms with Crippen molar-refractivity contribution in [1.82, 2.24) is 9.97 Å². The highest BCUT2D eigenvalue weighted by molar-refractivity contribution is 5.76. The monoisotopic (exact) mass is 273 g/mol. The molecule has 1 unspecified atom stereocenters. The van der Waals surface area contributed by atoms with E-state index in [-0.39, 0.29) is 6.04 Å². The molecule has 1 atom stereocenters. The van der Waals surface area contributed by atoms with Crippen LogP contribution >= 0.6 is 0 Å². The first kappa shape index (κ1) is 13.8. The number of hydrogen-bond donors (Lipinski definition) is 2. The number of rotatable bonds is 4. The van der Waals surface area contributed by atoms with E-state index in [1.165, 1.54) is 6.07 Å². The Balaban J connectivity index is 2.30. The molecule has 19 heavy (non-hydrogen) atoms. The van der Waals surface area contributed by atoms with Gasteiger partial charge in [-0.15, -0.1) is 0 Å². The number of H-pyrrole nitrogens is 1. The molecule has 4 nitrogen and oxygen atoms in total. The summed E-state index contributed by atoms with van der Waals surface area (Å²) in [5.41, 5.74) is 5.96. The molecule has 0 aliphatic rings. The smallest absolute Gasteiger partial charge is 0.385 e. The van der Waals surface area contributed by atoms with Gasteiger partial charge in [0.1, 0.15) is 5.82 Å². The van der Waals surface area contributed by atoms with Crippen molar-refractivity contribution in [2.24, 2.45) is 5.73 Å². The number of methoxy groups -OCH3 is 1. The Bertz CT molecular complexity index is 565. The Morgan fingerprint density at radius 2 is 2.16 bits per heavy atom. The fourth-order valence-electron chi connectivity index (χ4n) is 1.76. The van der Waals surface area contributed by atoms with Crippen molar-refractivity contribution in [3.63, 3.8) is 0 Å². The summed E-state index contributed by atoms with van der Waals surface area (Å²) in [6.45, 7) is 0.464. The van der Waals surface area contributed by atoms with Crippen LogP contribution < -0.4 is 5.73 Å². The third-order valence-electron chi connectivity index (χ3n) is 2.81. The second-order valence-corrected chi connectivity index (χ2v) is 4.24. The van der Waals surface area contributed by atoms with Crippen molar-refractivity contribution in [2.45, 2.75) is 18.6 Å². The number of hydrogen-bond acceptors (Lipinski definition) is 3. The zero-order chi connectivity index (χ0) is 14.0. The lowest BCUT2D eigenvalue weighted by Crippen LogP contribution is -2.14. The van der Waals surface area contributed by atoms with Crippen LogP contribution in [0.3, 0.4) is 0 Å². The molecule has 0 aliphatic heterocycles. The molecule has 0 spiro atoms. The van der Waals surface area contributed by atoms with E-state index in [4.69, 9.17) is 10.5 Å². The number of alkyl halides is 3. The van der Waals surface area contributed by atoms with Crippen molar-refractivity contribution in [2.75, 3.05) is 13.7 Å². The number of aromatic nitrogens is 2. The first-order chi connectivity index (χ1) is 8.91. The molecule has 104 valence electrons. The molecular weight excluding hydrogens is 259 g/mol. The van der Waals surface area contributed by atoms with Crippen molar-refractivity contribution in [3.05, 3.63) is 29.6 Å². The topological polar surface area (TPSA) is 63.9 Å². The van der Waals surface area contributed by atoms with Gasteiger partial charge in [-0.1, -0.05) is 0 Å². The zero-order valence-corrected chi connectivity index (χ0v) is 10.3. The highest BCUT2D eigenvalue weighted by atomic mass is 19.4. The number of nitrogens with two attached hydrogens (primary N) is 1. The molecule has 2 aromatic rings. The Morgan fingerprint density at radius 1 is 1.42 bits per heavy atom. The standard InChI is InChI=1S/C12H14F3N3O/c1-19-5-4-8(16)11-17-9-3-2-7(12(13,14)15)6-10(9)18-11/h2-3,6,8H,4-5,16H2,1H3,(H,17,18). The third kappa shape index (κ3) is 3.05. The maximum atomic E-state index is 12.6. The molecule has 0 aliphatic carbocycles. The number of ether oxygens (including phenoxy) is 1. The number of aromatic amines is 1. The summed E-state index contributed by atoms with van der Waals surface area (Å²) in [5.74, 6) is 0.464. The van der Waals surface area contributed by atoms with Gasteiger partial charge in [0.2, 0.25) is 0 Å². The van der Waals surface area contributed by atoms with Crippen molar-refractivity contribution in [1.29, 1.82) is 0 Å². The molecule has 1 heterocycles. The molecule has 0 amide bonds. The maximum absolute atomic E-state index is 12.6. The van der Waals surface area contributed by atoms with E-state index >= 15 is 0 Å². The van der Waals surface area contributed by atoms with Crippen LogP contribution in [0.4, 0.5) is 13.2 Å². The van der Waals surface area contributed by atoms with Crippen LogP contribution in [-0.4, -0.2) is 23.7 Å². The minimum atomic E-state index is -4.36. The van der Waals surface area contributed by atoms with Crippen LogP contribution in [0, 0.1) is 0 Å². The molecule has 0 saturated heterocycles. The molecule has 2 rings (SSSR count). The summed E-state index contributed by atoms with van der Waals surface area (Å²) < 4.78 is 42.6. The molecular formula is C12H14F3N3O. The third-order valence-corrected chi connectivity index (χ3v) is 2.81. The lowest BCUT2D eigenvalue weighted by atomic mass is 10.2. The molecule has 0 bridgehead atoms. The Kier molecular flexibility index (Phi) is 3.77. The van der Waals surface area contributed by atoms with Gasteiger partial charge in [-0.25, -0.2) is 4.98 Å². The number of halogens is 3. The molecule has 1 aromatic heterocycles. The van der Waals surface area contributed by atoms with Crippen LogP contribution in [0.1, 0.15) is 23.9 Å². The minimum absolute atomic E-state index is 0.331. The first-order valence-corrected chi connectivity index (χ1v) is 5.73. The van der Waals surface area contributed by atoms with Gasteiger partial charge >= 0.3 is 6.18 Å². The van der Waals surface area contributed by atoms with E-state index in [1.807, 2.05) is 0 Å². The van der Waals surface area contributed by atoms with Gasteiger partial charge in [0.05, 0.1) is 22.6 Å². The van der Waals surface area contributed by atoms with Gasteiger partial charge < -0.3 is 15.5 Å². The molecule has 3 N–H and O–H groups in total. The summed E-state index contributed by atoms with van der Waals surface area (Å²) in [7, 11) is 1.56. The van der Waals surface area contributed by atoms with E-state index in [0.717, 1.165) is 12.1 Å². The SMILES string of the molecule is COCCC(N)c1nc2ccc(C(F)(F)F)cc2[nH]1. The second-order valence-electron chi connectivity index (χ2n) is 4.24. The van der Waals surface area contributed by atoms with Gasteiger partial charge in [-0.3, -0.25) is 0 Å². The maximum Gasteiger partial charge on any atom is 0.416 e. The highest BCUT2D eigenvalue weighted by Crippen LogP contribution is 2.31. The second kappa shape index (κ2) is 5.18. The zero-order valence-electron chi connectivity index (χ0n) is 10.3. The molecule has 0 fully saturated rings. The van der Waals surface area contributed by atoms with Gasteiger partial charge in [0.25, 0.3) is 0 Å². The first-order valence-electron chi connectivity index (χ1n) is 5.73. The summed E-state index contributed by atoms with van der Waals surface area (Å²) in [4.78, 5) is 7.01. The molecule has 7 heteroatoms. The Hall–Kier alpha value is -1.60. The van der Waals surface area contributed by atoms with Crippen LogP contribution in [0.15, 0.2) is 18.2 Å². The summed E-state index contributed by atoms with van der Waals surface area (Å²) >= 11 is 0. The van der Waals surface area contributed by atoms with E-state index in [0.29, 0.717) is 29.9 Å². The van der Waals surface area contributed by atoms with Gasteiger partial charge in [0.15, 0.2) is 0 Å². The molecule has 0 saturated carbocycles. The number of imidazole rings is 1. The summed E-state index contributed by atoms with van der Waals surface area (Å²) in [6.07, 6.45) is -3.82. The van der Waals surface area contributed by atoms with Crippen LogP contribution in [0.25, 0.3) is 11.0 Å². The largest absolute Gasteiger partial charge is 0.416 e. The lowest BCUT2D eigenvalue weighted by molar-refractivity contribution is -0.137. The van der Waals surface area contributed by atoms with Crippen LogP contribution in [-0.2, 0) is 10.9 Å². The number of nitrogens with one attached hydrogen (secondary N) is 1. The van der Waals surface area contributed by atoms with E-state index < -0.39 is 11.7 Å². The Labute approximate surface area is 107 Å². The predicted molar refractivity (Wildman–Crippen MR) is 64.5 cm³/mol. The fourth-order valence-corrected chi connectivity index (χ4v) is 1.76. The van der Waals surface area contributed by atoms with E-state index in [1.54, 1.807) is 7.11 Å². The normalized spacial score (nSPS) is 13.9. The van der Waals surface area contributed by atoms with Gasteiger partial charge in [-0.05, 0) is 24.6 Å². The molecule has 0 radical (unpaired) electrons. The Morgan fingerprint density at radius 3 is 2.79 bits per heavy atom. The average molecular weight is 273 g/mol. The average Bonchev–Trinajstić information content (AvgIpc) is 2.77. The van der Waals surface area contributed by atoms with Crippen LogP contribution in [0.2, 0.25) is 0 Å². The highest BCUT2D eigenvalue weighted by Gasteiger charge is 2.30. The fraction of sp³-hybridized carbons (Fsp3) is 0.417. The number of benzene rings is 1. The van der Waals surface area contributed by atoms with Crippen LogP contribution in [0.5, 0.6) is 0 Å². The minimum Gasteiger partial charge on any atom is -0.385 e. The van der Waals surface area contributed by atoms with Crippen molar-refractivity contribution >= 4 is 11.0 Å². The number of nitrogens with zero attached hydrogens (tertiary/aromatic N) is 1. The predicted octanol–water partition coefficient (Wildman–Crippen LogP) is 2.62. The van der Waals surface area contributed by atoms with Crippen molar-refractivity contribution < 1.29 is 17.9 Å². The van der Waals surface area contributed by atoms with Crippen molar-refractivity contribution in [3.8, 4) is 0 Å². The van der Waals surface area contributed by atoms with Gasteiger partial charge in [0, 0.05) is 13.7 Å². The van der Waals surface area contributed by atoms with E-state index in [2.05, 4.69) is 9.97 Å². The molecule has 1 aromatic carbocycles. The quantitative estimate of drug-likeness (QED) is 0.900. The lowest BCUT2D eigenvalue weighted by Gasteiger charge is -2.06. The van der Waals surface area contributed by atoms with Gasteiger partial charge in [-0.2, -0.15) is 13.2 Å². The number of fused-ring (bicyclic) bond motifs is 1. The summed E-state index contributed by atoms with van der Waals surface area (Å²) in [6, 6.07) is 2.99. The van der Waals surface area contributed by atoms with E-state index in [9.17, 15) is 13.2 Å². The summed E-state index contributed by atoms with van der Waals surface area (Å²) in [5, 5.41) is 0.